The maximum absolute atomic E-state index is 12.1. The Bertz CT molecular complexity index is 3560. The lowest BCUT2D eigenvalue weighted by Gasteiger charge is -2.26. The number of ether oxygens (including phenoxy) is 1. The lowest BCUT2D eigenvalue weighted by molar-refractivity contribution is -0.130. The maximum Gasteiger partial charge on any atom is 0.338 e. The van der Waals surface area contributed by atoms with Crippen LogP contribution in [0.2, 0.25) is 0 Å². The molecular formula is C64H45N3O2. The number of rotatable bonds is 10. The predicted octanol–water partition coefficient (Wildman–Crippen LogP) is 16.8. The van der Waals surface area contributed by atoms with Crippen LogP contribution in [-0.2, 0) is 4.79 Å². The van der Waals surface area contributed by atoms with Crippen molar-refractivity contribution >= 4 is 66.6 Å². The summed E-state index contributed by atoms with van der Waals surface area (Å²) in [6, 6.07) is 86.0. The van der Waals surface area contributed by atoms with Gasteiger partial charge in [-0.15, -0.1) is 0 Å². The molecule has 5 nitrogen and oxygen atoms in total. The van der Waals surface area contributed by atoms with Crippen molar-refractivity contribution in [2.75, 3.05) is 4.90 Å². The van der Waals surface area contributed by atoms with Gasteiger partial charge in [-0.25, -0.2) is 4.79 Å². The Morgan fingerprint density at radius 2 is 0.623 bits per heavy atom. The van der Waals surface area contributed by atoms with E-state index in [1.165, 1.54) is 43.6 Å². The monoisotopic (exact) mass is 887 g/mol. The highest BCUT2D eigenvalue weighted by atomic mass is 16.5. The van der Waals surface area contributed by atoms with E-state index in [9.17, 15) is 4.79 Å². The van der Waals surface area contributed by atoms with Gasteiger partial charge in [-0.05, 0) is 137 Å². The van der Waals surface area contributed by atoms with E-state index in [2.05, 4.69) is 239 Å². The lowest BCUT2D eigenvalue weighted by Crippen LogP contribution is -2.09. The van der Waals surface area contributed by atoms with Crippen LogP contribution in [0.15, 0.2) is 255 Å². The minimum absolute atomic E-state index is 0.360. The summed E-state index contributed by atoms with van der Waals surface area (Å²) in [5, 5.41) is 5.02. The van der Waals surface area contributed by atoms with E-state index in [0.29, 0.717) is 11.3 Å². The van der Waals surface area contributed by atoms with Crippen molar-refractivity contribution in [2.45, 2.75) is 6.92 Å². The van der Waals surface area contributed by atoms with E-state index in [1.54, 1.807) is 6.92 Å². The van der Waals surface area contributed by atoms with Crippen LogP contribution in [0.4, 0.5) is 17.1 Å². The van der Waals surface area contributed by atoms with Gasteiger partial charge in [0.2, 0.25) is 0 Å². The summed E-state index contributed by atoms with van der Waals surface area (Å²) in [5.74, 6) is 0.0506. The second kappa shape index (κ2) is 17.2. The third-order valence-electron chi connectivity index (χ3n) is 13.2. The number of esters is 1. The summed E-state index contributed by atoms with van der Waals surface area (Å²) < 4.78 is 10.1. The highest BCUT2D eigenvalue weighted by Gasteiger charge is 2.17. The summed E-state index contributed by atoms with van der Waals surface area (Å²) in [6.07, 6.45) is 0. The number of hydrogen-bond acceptors (Lipinski definition) is 3. The molecule has 0 aliphatic heterocycles. The number of aromatic nitrogens is 2. The van der Waals surface area contributed by atoms with Crippen LogP contribution in [0.1, 0.15) is 6.92 Å². The van der Waals surface area contributed by atoms with Crippen molar-refractivity contribution in [1.29, 1.82) is 0 Å². The first-order chi connectivity index (χ1) is 33.9. The Morgan fingerprint density at radius 3 is 0.913 bits per heavy atom. The molecule has 12 rings (SSSR count). The number of para-hydroxylation sites is 4. The first-order valence-corrected chi connectivity index (χ1v) is 23.2. The Kier molecular flexibility index (Phi) is 10.3. The minimum atomic E-state index is -0.435. The van der Waals surface area contributed by atoms with Gasteiger partial charge in [0.05, 0.1) is 22.1 Å². The molecule has 69 heavy (non-hydrogen) atoms. The summed E-state index contributed by atoms with van der Waals surface area (Å²) in [7, 11) is 0. The van der Waals surface area contributed by atoms with Gasteiger partial charge < -0.3 is 18.8 Å². The second-order valence-corrected chi connectivity index (χ2v) is 17.5. The summed E-state index contributed by atoms with van der Waals surface area (Å²) in [6.45, 7) is 5.33. The minimum Gasteiger partial charge on any atom is -0.423 e. The standard InChI is InChI=1S/C64H45N3O2/c1-43(2)64(68)69-55-41-29-49(30-42-55)48-23-35-52(36-24-48)65(50-31-19-44(20-32-50)46-25-37-53(38-26-46)66-60-15-7-3-11-56(60)57-12-4-8-16-61(57)66)51-33-21-45(22-34-51)47-27-39-54(40-28-47)67-62-17-9-5-13-58(62)59-14-6-10-18-63(59)67/h3-42H,1H2,2H3. The molecule has 2 aromatic heterocycles. The van der Waals surface area contributed by atoms with Gasteiger partial charge >= 0.3 is 5.97 Å². The van der Waals surface area contributed by atoms with Gasteiger partial charge in [0, 0.05) is 55.6 Å². The van der Waals surface area contributed by atoms with E-state index in [0.717, 1.165) is 61.8 Å². The smallest absolute Gasteiger partial charge is 0.338 e. The van der Waals surface area contributed by atoms with Crippen molar-refractivity contribution in [2.24, 2.45) is 0 Å². The topological polar surface area (TPSA) is 39.4 Å². The Balaban J connectivity index is 0.857. The van der Waals surface area contributed by atoms with Crippen molar-refractivity contribution in [3.63, 3.8) is 0 Å². The zero-order chi connectivity index (χ0) is 46.4. The molecule has 12 aromatic rings. The van der Waals surface area contributed by atoms with Crippen LogP contribution in [0.5, 0.6) is 5.75 Å². The molecule has 0 saturated carbocycles. The molecule has 0 saturated heterocycles. The molecule has 0 N–H and O–H groups in total. The fourth-order valence-corrected chi connectivity index (χ4v) is 9.77. The molecule has 328 valence electrons. The molecule has 10 aromatic carbocycles. The second-order valence-electron chi connectivity index (χ2n) is 17.5. The Morgan fingerprint density at radius 1 is 0.362 bits per heavy atom. The SMILES string of the molecule is C=C(C)C(=O)Oc1ccc(-c2ccc(N(c3ccc(-c4ccc(-n5c6ccccc6c6ccccc65)cc4)cc3)c3ccc(-c4ccc(-n5c6ccccc6c6ccccc65)cc4)cc3)cc2)cc1. The maximum atomic E-state index is 12.1. The average Bonchev–Trinajstić information content (AvgIpc) is 3.93. The molecule has 0 radical (unpaired) electrons. The van der Waals surface area contributed by atoms with E-state index in [4.69, 9.17) is 4.74 Å². The van der Waals surface area contributed by atoms with Crippen LogP contribution >= 0.6 is 0 Å². The van der Waals surface area contributed by atoms with Gasteiger partial charge in [0.25, 0.3) is 0 Å². The van der Waals surface area contributed by atoms with Crippen molar-refractivity contribution in [3.05, 3.63) is 255 Å². The average molecular weight is 888 g/mol. The van der Waals surface area contributed by atoms with Gasteiger partial charge in [-0.1, -0.05) is 152 Å². The first kappa shape index (κ1) is 41.3. The fraction of sp³-hybridized carbons (Fsp3) is 0.0156. The number of carbonyl (C=O) groups excluding carboxylic acids is 1. The Hall–Kier alpha value is -9.19. The molecular weight excluding hydrogens is 843 g/mol. The number of benzene rings is 10. The number of fused-ring (bicyclic) bond motifs is 6. The lowest BCUT2D eigenvalue weighted by atomic mass is 10.0. The van der Waals surface area contributed by atoms with E-state index < -0.39 is 5.97 Å². The van der Waals surface area contributed by atoms with Gasteiger partial charge in [0.15, 0.2) is 0 Å². The van der Waals surface area contributed by atoms with E-state index >= 15 is 0 Å². The molecule has 0 spiro atoms. The van der Waals surface area contributed by atoms with Crippen molar-refractivity contribution < 1.29 is 9.53 Å². The van der Waals surface area contributed by atoms with Crippen LogP contribution in [0.3, 0.4) is 0 Å². The molecule has 2 heterocycles. The quantitative estimate of drug-likeness (QED) is 0.0780. The number of anilines is 3. The molecule has 0 unspecified atom stereocenters. The third kappa shape index (κ3) is 7.53. The third-order valence-corrected chi connectivity index (χ3v) is 13.2. The highest BCUT2D eigenvalue weighted by Crippen LogP contribution is 2.39. The zero-order valence-electron chi connectivity index (χ0n) is 38.0. The molecule has 0 aliphatic carbocycles. The molecule has 0 amide bonds. The summed E-state index contributed by atoms with van der Waals surface area (Å²) in [4.78, 5) is 14.4. The van der Waals surface area contributed by atoms with E-state index in [-0.39, 0.29) is 0 Å². The largest absolute Gasteiger partial charge is 0.423 e. The Labute approximate surface area is 400 Å². The summed E-state index contributed by atoms with van der Waals surface area (Å²) >= 11 is 0. The normalized spacial score (nSPS) is 11.4. The van der Waals surface area contributed by atoms with Crippen LogP contribution in [0, 0.1) is 0 Å². The molecule has 0 atom stereocenters. The van der Waals surface area contributed by atoms with Crippen LogP contribution in [0.25, 0.3) is 88.4 Å². The van der Waals surface area contributed by atoms with Crippen LogP contribution in [-0.4, -0.2) is 15.1 Å². The number of hydrogen-bond donors (Lipinski definition) is 0. The molecule has 0 bridgehead atoms. The van der Waals surface area contributed by atoms with Crippen LogP contribution < -0.4 is 9.64 Å². The molecule has 0 fully saturated rings. The van der Waals surface area contributed by atoms with Crippen molar-refractivity contribution in [3.8, 4) is 50.5 Å². The highest BCUT2D eigenvalue weighted by molar-refractivity contribution is 6.10. The van der Waals surface area contributed by atoms with Gasteiger partial charge in [-0.2, -0.15) is 0 Å². The van der Waals surface area contributed by atoms with Crippen molar-refractivity contribution in [1.82, 2.24) is 9.13 Å². The predicted molar refractivity (Wildman–Crippen MR) is 287 cm³/mol. The number of carbonyl (C=O) groups is 1. The first-order valence-electron chi connectivity index (χ1n) is 23.2. The molecule has 0 aliphatic rings. The number of nitrogens with zero attached hydrogens (tertiary/aromatic N) is 3. The fourth-order valence-electron chi connectivity index (χ4n) is 9.77. The van der Waals surface area contributed by atoms with Gasteiger partial charge in [0.1, 0.15) is 5.75 Å². The van der Waals surface area contributed by atoms with Gasteiger partial charge in [-0.3, -0.25) is 0 Å². The summed E-state index contributed by atoms with van der Waals surface area (Å²) in [5.41, 5.74) is 17.2. The molecule has 5 heteroatoms. The van der Waals surface area contributed by atoms with E-state index in [1.807, 2.05) is 24.3 Å². The zero-order valence-corrected chi connectivity index (χ0v) is 38.0.